The summed E-state index contributed by atoms with van der Waals surface area (Å²) in [5.41, 5.74) is 0.701. The average molecular weight is 425 g/mol. The topological polar surface area (TPSA) is 90.3 Å². The standard InChI is InChI=1S/C22H33FN2O5/c1-13(2)10-17(20(26)22(28)29)21(27)25-9-8-24(12-15(25)5)16-6-7-19(18(23)11-16)30-14(3)4/h6-7,11,13-15,17,20,26H,8-10,12H2,1-5H3,(H,28,29)/t15-,17+,20+/m1/s1. The van der Waals surface area contributed by atoms with E-state index in [2.05, 4.69) is 0 Å². The number of carboxylic acids is 1. The van der Waals surface area contributed by atoms with Gasteiger partial charge in [-0.2, -0.15) is 0 Å². The first-order valence-electron chi connectivity index (χ1n) is 10.4. The average Bonchev–Trinajstić information content (AvgIpc) is 2.66. The zero-order valence-corrected chi connectivity index (χ0v) is 18.3. The Bertz CT molecular complexity index is 755. The minimum absolute atomic E-state index is 0.0686. The van der Waals surface area contributed by atoms with Crippen molar-refractivity contribution in [3.63, 3.8) is 0 Å². The van der Waals surface area contributed by atoms with E-state index in [0.717, 1.165) is 0 Å². The highest BCUT2D eigenvalue weighted by molar-refractivity contribution is 5.86. The lowest BCUT2D eigenvalue weighted by atomic mass is 9.90. The molecule has 0 unspecified atom stereocenters. The molecule has 1 aromatic carbocycles. The summed E-state index contributed by atoms with van der Waals surface area (Å²) in [6, 6.07) is 4.62. The maximum Gasteiger partial charge on any atom is 0.333 e. The van der Waals surface area contributed by atoms with Crippen molar-refractivity contribution in [2.24, 2.45) is 11.8 Å². The number of carbonyl (C=O) groups excluding carboxylic acids is 1. The van der Waals surface area contributed by atoms with Gasteiger partial charge in [0.2, 0.25) is 5.91 Å². The van der Waals surface area contributed by atoms with E-state index in [9.17, 15) is 24.2 Å². The number of nitrogens with zero attached hydrogens (tertiary/aromatic N) is 2. The molecule has 0 radical (unpaired) electrons. The normalized spacial score (nSPS) is 19.2. The molecule has 7 nitrogen and oxygen atoms in total. The van der Waals surface area contributed by atoms with Gasteiger partial charge >= 0.3 is 5.97 Å². The maximum atomic E-state index is 14.4. The van der Waals surface area contributed by atoms with Crippen LogP contribution in [0.5, 0.6) is 5.75 Å². The van der Waals surface area contributed by atoms with Gasteiger partial charge in [0.1, 0.15) is 0 Å². The third-order valence-corrected chi connectivity index (χ3v) is 5.23. The summed E-state index contributed by atoms with van der Waals surface area (Å²) >= 11 is 0. The van der Waals surface area contributed by atoms with Gasteiger partial charge in [0.25, 0.3) is 0 Å². The Labute approximate surface area is 177 Å². The van der Waals surface area contributed by atoms with Crippen LogP contribution in [-0.4, -0.2) is 64.9 Å². The zero-order chi connectivity index (χ0) is 22.6. The van der Waals surface area contributed by atoms with Crippen LogP contribution in [0.3, 0.4) is 0 Å². The molecule has 1 saturated heterocycles. The number of aliphatic hydroxyl groups is 1. The number of carboxylic acid groups (broad SMARTS) is 1. The van der Waals surface area contributed by atoms with Crippen molar-refractivity contribution in [1.29, 1.82) is 0 Å². The van der Waals surface area contributed by atoms with Crippen LogP contribution in [0.4, 0.5) is 10.1 Å². The van der Waals surface area contributed by atoms with E-state index in [0.29, 0.717) is 31.7 Å². The second kappa shape index (κ2) is 10.1. The molecular formula is C22H33FN2O5. The molecule has 3 atom stereocenters. The Hall–Kier alpha value is -2.35. The monoisotopic (exact) mass is 424 g/mol. The molecule has 0 aliphatic carbocycles. The molecule has 1 aliphatic heterocycles. The summed E-state index contributed by atoms with van der Waals surface area (Å²) in [6.07, 6.45) is -1.56. The number of ether oxygens (including phenoxy) is 1. The van der Waals surface area contributed by atoms with Gasteiger partial charge in [-0.3, -0.25) is 4.79 Å². The lowest BCUT2D eigenvalue weighted by Gasteiger charge is -2.42. The number of aliphatic hydroxyl groups excluding tert-OH is 1. The van der Waals surface area contributed by atoms with Crippen molar-refractivity contribution >= 4 is 17.6 Å². The van der Waals surface area contributed by atoms with Gasteiger partial charge in [0.15, 0.2) is 17.7 Å². The Morgan fingerprint density at radius 2 is 1.90 bits per heavy atom. The first kappa shape index (κ1) is 23.9. The molecule has 0 bridgehead atoms. The molecule has 0 aromatic heterocycles. The molecule has 8 heteroatoms. The molecular weight excluding hydrogens is 391 g/mol. The number of rotatable bonds is 8. The third kappa shape index (κ3) is 5.84. The number of piperazine rings is 1. The van der Waals surface area contributed by atoms with Crippen LogP contribution in [0.1, 0.15) is 41.0 Å². The van der Waals surface area contributed by atoms with E-state index in [1.165, 1.54) is 6.07 Å². The number of anilines is 1. The van der Waals surface area contributed by atoms with E-state index in [1.54, 1.807) is 17.0 Å². The van der Waals surface area contributed by atoms with Crippen LogP contribution >= 0.6 is 0 Å². The second-order valence-corrected chi connectivity index (χ2v) is 8.63. The zero-order valence-electron chi connectivity index (χ0n) is 18.3. The first-order chi connectivity index (χ1) is 14.0. The van der Waals surface area contributed by atoms with Gasteiger partial charge in [0.05, 0.1) is 12.0 Å². The quantitative estimate of drug-likeness (QED) is 0.667. The summed E-state index contributed by atoms with van der Waals surface area (Å²) in [7, 11) is 0. The van der Waals surface area contributed by atoms with Gasteiger partial charge in [-0.1, -0.05) is 13.8 Å². The van der Waals surface area contributed by atoms with Crippen LogP contribution in [0, 0.1) is 17.7 Å². The lowest BCUT2D eigenvalue weighted by Crippen LogP contribution is -2.57. The van der Waals surface area contributed by atoms with Crippen molar-refractivity contribution in [3.05, 3.63) is 24.0 Å². The second-order valence-electron chi connectivity index (χ2n) is 8.63. The Morgan fingerprint density at radius 1 is 1.23 bits per heavy atom. The van der Waals surface area contributed by atoms with Crippen molar-refractivity contribution in [3.8, 4) is 5.75 Å². The number of carbonyl (C=O) groups is 2. The molecule has 2 N–H and O–H groups in total. The summed E-state index contributed by atoms with van der Waals surface area (Å²) in [4.78, 5) is 27.9. The third-order valence-electron chi connectivity index (χ3n) is 5.23. The highest BCUT2D eigenvalue weighted by Crippen LogP contribution is 2.28. The molecule has 1 aromatic rings. The van der Waals surface area contributed by atoms with E-state index in [1.807, 2.05) is 39.5 Å². The molecule has 1 heterocycles. The number of amides is 1. The number of hydrogen-bond acceptors (Lipinski definition) is 5. The van der Waals surface area contributed by atoms with Gasteiger partial charge in [-0.25, -0.2) is 9.18 Å². The summed E-state index contributed by atoms with van der Waals surface area (Å²) in [6.45, 7) is 10.6. The molecule has 2 rings (SSSR count). The molecule has 0 saturated carbocycles. The number of benzene rings is 1. The minimum atomic E-state index is -1.73. The van der Waals surface area contributed by atoms with Crippen LogP contribution < -0.4 is 9.64 Å². The highest BCUT2D eigenvalue weighted by atomic mass is 19.1. The largest absolute Gasteiger partial charge is 0.488 e. The van der Waals surface area contributed by atoms with Gasteiger partial charge in [0, 0.05) is 37.4 Å². The smallest absolute Gasteiger partial charge is 0.333 e. The predicted molar refractivity (Wildman–Crippen MR) is 112 cm³/mol. The van der Waals surface area contributed by atoms with E-state index in [4.69, 9.17) is 4.74 Å². The molecule has 1 amide bonds. The van der Waals surface area contributed by atoms with Crippen LogP contribution in [0.2, 0.25) is 0 Å². The summed E-state index contributed by atoms with van der Waals surface area (Å²) < 4.78 is 19.8. The first-order valence-corrected chi connectivity index (χ1v) is 10.4. The number of aliphatic carboxylic acids is 1. The van der Waals surface area contributed by atoms with Crippen LogP contribution in [-0.2, 0) is 9.59 Å². The molecule has 1 aliphatic rings. The maximum absolute atomic E-state index is 14.4. The fraction of sp³-hybridized carbons (Fsp3) is 0.636. The van der Waals surface area contributed by atoms with E-state index >= 15 is 0 Å². The van der Waals surface area contributed by atoms with E-state index in [-0.39, 0.29) is 29.7 Å². The van der Waals surface area contributed by atoms with Crippen molar-refractivity contribution in [2.45, 2.75) is 59.3 Å². The Kier molecular flexibility index (Phi) is 8.06. The molecule has 1 fully saturated rings. The van der Waals surface area contributed by atoms with Crippen molar-refractivity contribution in [2.75, 3.05) is 24.5 Å². The number of hydrogen-bond donors (Lipinski definition) is 2. The lowest BCUT2D eigenvalue weighted by molar-refractivity contribution is -0.158. The summed E-state index contributed by atoms with van der Waals surface area (Å²) in [5.74, 6) is -2.89. The fourth-order valence-corrected chi connectivity index (χ4v) is 3.81. The Morgan fingerprint density at radius 3 is 2.40 bits per heavy atom. The van der Waals surface area contributed by atoms with Crippen LogP contribution in [0.15, 0.2) is 18.2 Å². The Balaban J connectivity index is 2.11. The van der Waals surface area contributed by atoms with Crippen LogP contribution in [0.25, 0.3) is 0 Å². The highest BCUT2D eigenvalue weighted by Gasteiger charge is 2.38. The SMILES string of the molecule is CC(C)C[C@H](C(=O)N1CCN(c2ccc(OC(C)C)c(F)c2)C[C@H]1C)[C@H](O)C(=O)O. The van der Waals surface area contributed by atoms with E-state index < -0.39 is 23.8 Å². The van der Waals surface area contributed by atoms with Gasteiger partial charge in [-0.15, -0.1) is 0 Å². The fourth-order valence-electron chi connectivity index (χ4n) is 3.81. The molecule has 168 valence electrons. The molecule has 30 heavy (non-hydrogen) atoms. The van der Waals surface area contributed by atoms with Gasteiger partial charge in [-0.05, 0) is 45.2 Å². The van der Waals surface area contributed by atoms with Gasteiger partial charge < -0.3 is 24.7 Å². The summed E-state index contributed by atoms with van der Waals surface area (Å²) in [5, 5.41) is 19.3. The molecule has 0 spiro atoms. The van der Waals surface area contributed by atoms with Crippen molar-refractivity contribution < 1.29 is 28.9 Å². The van der Waals surface area contributed by atoms with Crippen molar-refractivity contribution in [1.82, 2.24) is 4.90 Å². The minimum Gasteiger partial charge on any atom is -0.488 e. The number of halogens is 1. The predicted octanol–water partition coefficient (Wildman–Crippen LogP) is 2.76.